The molecule has 3 aromatic rings. The van der Waals surface area contributed by atoms with Crippen molar-refractivity contribution >= 4 is 46.5 Å². The summed E-state index contributed by atoms with van der Waals surface area (Å²) in [4.78, 5) is 52.6. The maximum absolute atomic E-state index is 13.2. The molecule has 1 aromatic heterocycles. The summed E-state index contributed by atoms with van der Waals surface area (Å²) in [6, 6.07) is 14.4. The highest BCUT2D eigenvalue weighted by atomic mass is 32.1. The van der Waals surface area contributed by atoms with Gasteiger partial charge in [0.2, 0.25) is 11.8 Å². The number of hydrogen-bond donors (Lipinski definition) is 4. The quantitative estimate of drug-likeness (QED) is 0.252. The maximum atomic E-state index is 13.2. The Balaban J connectivity index is 1.41. The fourth-order valence-corrected chi connectivity index (χ4v) is 5.18. The van der Waals surface area contributed by atoms with E-state index in [9.17, 15) is 24.3 Å². The zero-order valence-electron chi connectivity index (χ0n) is 22.7. The van der Waals surface area contributed by atoms with E-state index in [4.69, 9.17) is 9.47 Å². The molecule has 0 bridgehead atoms. The van der Waals surface area contributed by atoms with Crippen molar-refractivity contribution < 1.29 is 33.8 Å². The number of benzene rings is 2. The van der Waals surface area contributed by atoms with Gasteiger partial charge in [-0.3, -0.25) is 14.4 Å². The molecule has 1 aliphatic heterocycles. The fourth-order valence-electron chi connectivity index (χ4n) is 4.53. The predicted molar refractivity (Wildman–Crippen MR) is 154 cm³/mol. The zero-order chi connectivity index (χ0) is 29.4. The van der Waals surface area contributed by atoms with Gasteiger partial charge in [-0.05, 0) is 54.3 Å². The van der Waals surface area contributed by atoms with Gasteiger partial charge in [0, 0.05) is 29.2 Å². The lowest BCUT2D eigenvalue weighted by molar-refractivity contribution is -0.138. The molecule has 2 heterocycles. The minimum atomic E-state index is -1.09. The number of hydrogen-bond acceptors (Lipinski definition) is 7. The first kappa shape index (κ1) is 29.4. The van der Waals surface area contributed by atoms with Crippen molar-refractivity contribution in [3.8, 4) is 11.5 Å². The summed E-state index contributed by atoms with van der Waals surface area (Å²) in [5.41, 5.74) is 1.58. The van der Waals surface area contributed by atoms with Gasteiger partial charge in [-0.25, -0.2) is 4.79 Å². The van der Waals surface area contributed by atoms with Gasteiger partial charge in [0.25, 0.3) is 0 Å². The average molecular weight is 581 g/mol. The van der Waals surface area contributed by atoms with Crippen molar-refractivity contribution in [3.63, 3.8) is 0 Å². The van der Waals surface area contributed by atoms with Gasteiger partial charge in [-0.15, -0.1) is 11.3 Å². The second kappa shape index (κ2) is 13.7. The largest absolute Gasteiger partial charge is 0.493 e. The molecule has 11 nitrogen and oxygen atoms in total. The monoisotopic (exact) mass is 580 g/mol. The number of rotatable bonds is 12. The van der Waals surface area contributed by atoms with E-state index in [1.807, 2.05) is 24.4 Å². The van der Waals surface area contributed by atoms with Gasteiger partial charge in [0.15, 0.2) is 11.5 Å². The first-order valence-corrected chi connectivity index (χ1v) is 14.0. The Bertz CT molecular complexity index is 1400. The van der Waals surface area contributed by atoms with Crippen LogP contribution in [0.25, 0.3) is 0 Å². The molecular formula is C29H32N4O7S. The van der Waals surface area contributed by atoms with Crippen molar-refractivity contribution in [1.82, 2.24) is 10.6 Å². The van der Waals surface area contributed by atoms with Crippen LogP contribution in [0, 0.1) is 5.92 Å². The summed E-state index contributed by atoms with van der Waals surface area (Å²) in [6.07, 6.45) is -0.381. The number of carbonyl (C=O) groups is 4. The van der Waals surface area contributed by atoms with Crippen LogP contribution in [0.1, 0.15) is 36.2 Å². The Morgan fingerprint density at radius 3 is 2.66 bits per heavy atom. The molecule has 2 atom stereocenters. The van der Waals surface area contributed by atoms with E-state index in [0.717, 1.165) is 4.88 Å². The number of amides is 4. The van der Waals surface area contributed by atoms with Crippen molar-refractivity contribution in [1.29, 1.82) is 0 Å². The molecule has 41 heavy (non-hydrogen) atoms. The number of nitrogens with one attached hydrogen (secondary N) is 3. The smallest absolute Gasteiger partial charge is 0.319 e. The molecule has 2 unspecified atom stereocenters. The highest BCUT2D eigenvalue weighted by molar-refractivity contribution is 7.09. The number of carbonyl (C=O) groups excluding carboxylic acids is 3. The first-order chi connectivity index (χ1) is 19.8. The number of ether oxygens (including phenoxy) is 2. The Hall–Kier alpha value is -4.58. The van der Waals surface area contributed by atoms with Crippen LogP contribution in [0.4, 0.5) is 16.2 Å². The molecule has 1 fully saturated rings. The van der Waals surface area contributed by atoms with E-state index in [-0.39, 0.29) is 31.3 Å². The number of nitrogens with zero attached hydrogens (tertiary/aromatic N) is 1. The highest BCUT2D eigenvalue weighted by Crippen LogP contribution is 2.32. The van der Waals surface area contributed by atoms with E-state index >= 15 is 0 Å². The van der Waals surface area contributed by atoms with Gasteiger partial charge in [-0.2, -0.15) is 0 Å². The molecule has 1 aliphatic rings. The molecule has 0 radical (unpaired) electrons. The number of thiophene rings is 1. The first-order valence-electron chi connectivity index (χ1n) is 13.1. The lowest BCUT2D eigenvalue weighted by atomic mass is 10.0. The third-order valence-electron chi connectivity index (χ3n) is 6.50. The van der Waals surface area contributed by atoms with Crippen LogP contribution in [-0.2, 0) is 20.9 Å². The summed E-state index contributed by atoms with van der Waals surface area (Å²) in [5.74, 6) is -1.52. The molecule has 0 saturated carbocycles. The Morgan fingerprint density at radius 1 is 1.12 bits per heavy atom. The predicted octanol–water partition coefficient (Wildman–Crippen LogP) is 4.16. The molecule has 2 aromatic carbocycles. The van der Waals surface area contributed by atoms with Crippen molar-refractivity contribution in [2.45, 2.75) is 32.4 Å². The number of carboxylic acid groups (broad SMARTS) is 1. The molecule has 0 aliphatic carbocycles. The van der Waals surface area contributed by atoms with Crippen LogP contribution in [0.2, 0.25) is 0 Å². The van der Waals surface area contributed by atoms with E-state index in [0.29, 0.717) is 41.6 Å². The van der Waals surface area contributed by atoms with Crippen LogP contribution in [0.3, 0.4) is 0 Å². The second-order valence-electron chi connectivity index (χ2n) is 9.35. The topological polar surface area (TPSA) is 146 Å². The van der Waals surface area contributed by atoms with E-state index in [1.54, 1.807) is 53.8 Å². The average Bonchev–Trinajstić information content (AvgIpc) is 3.61. The molecule has 12 heteroatoms. The van der Waals surface area contributed by atoms with Crippen LogP contribution in [0.5, 0.6) is 11.5 Å². The van der Waals surface area contributed by atoms with Gasteiger partial charge in [-0.1, -0.05) is 18.2 Å². The molecule has 4 amide bonds. The molecular weight excluding hydrogens is 548 g/mol. The Morgan fingerprint density at radius 2 is 1.95 bits per heavy atom. The van der Waals surface area contributed by atoms with Crippen LogP contribution >= 0.6 is 11.3 Å². The molecule has 216 valence electrons. The lowest BCUT2D eigenvalue weighted by Crippen LogP contribution is -2.36. The standard InChI is InChI=1S/C29H32N4O7S/c1-3-40-25-12-18(9-10-24(25)39-2)23(15-27(35)36)32-28(37)19-13-26(34)33(17-19)21-7-4-6-20(14-21)31-29(38)30-16-22-8-5-11-41-22/h4-12,14,19,23H,3,13,15-17H2,1-2H3,(H,32,37)(H,35,36)(H2,30,31,38). The van der Waals surface area contributed by atoms with E-state index in [1.165, 1.54) is 12.0 Å². The van der Waals surface area contributed by atoms with Crippen LogP contribution in [-0.4, -0.2) is 49.2 Å². The summed E-state index contributed by atoms with van der Waals surface area (Å²) in [6.45, 7) is 2.72. The summed E-state index contributed by atoms with van der Waals surface area (Å²) in [7, 11) is 1.50. The third-order valence-corrected chi connectivity index (χ3v) is 7.38. The number of methoxy groups -OCH3 is 1. The van der Waals surface area contributed by atoms with Crippen LogP contribution < -0.4 is 30.3 Å². The molecule has 4 rings (SSSR count). The van der Waals surface area contributed by atoms with Crippen molar-refractivity contribution in [2.24, 2.45) is 5.92 Å². The zero-order valence-corrected chi connectivity index (χ0v) is 23.5. The summed E-state index contributed by atoms with van der Waals surface area (Å²) in [5, 5.41) is 19.8. The normalized spacial score (nSPS) is 15.2. The highest BCUT2D eigenvalue weighted by Gasteiger charge is 2.36. The minimum Gasteiger partial charge on any atom is -0.493 e. The van der Waals surface area contributed by atoms with E-state index < -0.39 is 23.8 Å². The van der Waals surface area contributed by atoms with Crippen molar-refractivity contribution in [2.75, 3.05) is 30.5 Å². The fraction of sp³-hybridized carbons (Fsp3) is 0.310. The lowest BCUT2D eigenvalue weighted by Gasteiger charge is -2.22. The number of urea groups is 1. The Labute approximate surface area is 241 Å². The van der Waals surface area contributed by atoms with E-state index in [2.05, 4.69) is 16.0 Å². The second-order valence-corrected chi connectivity index (χ2v) is 10.4. The summed E-state index contributed by atoms with van der Waals surface area (Å²) < 4.78 is 10.9. The van der Waals surface area contributed by atoms with Gasteiger partial charge >= 0.3 is 12.0 Å². The van der Waals surface area contributed by atoms with Gasteiger partial charge in [0.05, 0.1) is 38.6 Å². The van der Waals surface area contributed by atoms with Crippen molar-refractivity contribution in [3.05, 3.63) is 70.4 Å². The minimum absolute atomic E-state index is 0.0304. The SMILES string of the molecule is CCOc1cc(C(CC(=O)O)NC(=O)C2CC(=O)N(c3cccc(NC(=O)NCc4cccs4)c3)C2)ccc1OC. The molecule has 0 spiro atoms. The third kappa shape index (κ3) is 7.76. The molecule has 4 N–H and O–H groups in total. The number of aliphatic carboxylic acids is 1. The van der Waals surface area contributed by atoms with Crippen LogP contribution in [0.15, 0.2) is 60.0 Å². The Kier molecular flexibility index (Phi) is 9.80. The maximum Gasteiger partial charge on any atom is 0.319 e. The van der Waals surface area contributed by atoms with Gasteiger partial charge < -0.3 is 35.4 Å². The van der Waals surface area contributed by atoms with Gasteiger partial charge in [0.1, 0.15) is 0 Å². The molecule has 1 saturated heterocycles. The number of anilines is 2. The summed E-state index contributed by atoms with van der Waals surface area (Å²) >= 11 is 1.54. The number of carboxylic acids is 1.